The summed E-state index contributed by atoms with van der Waals surface area (Å²) in [7, 11) is -3.56. The molecular weight excluding hydrogens is 310 g/mol. The molecule has 0 aliphatic heterocycles. The highest BCUT2D eigenvalue weighted by Crippen LogP contribution is 2.16. The molecule has 1 N–H and O–H groups in total. The van der Waals surface area contributed by atoms with Crippen LogP contribution in [0.3, 0.4) is 0 Å². The molecule has 2 aromatic rings. The lowest BCUT2D eigenvalue weighted by Gasteiger charge is -2.10. The highest BCUT2D eigenvalue weighted by atomic mass is 35.5. The zero-order valence-corrected chi connectivity index (χ0v) is 13.1. The molecule has 0 aliphatic carbocycles. The maximum Gasteiger partial charge on any atom is 0.240 e. The zero-order chi connectivity index (χ0) is 15.3. The van der Waals surface area contributed by atoms with Crippen LogP contribution in [0.2, 0.25) is 5.02 Å². The summed E-state index contributed by atoms with van der Waals surface area (Å²) in [5, 5.41) is 0.383. The average Bonchev–Trinajstić information content (AvgIpc) is 2.45. The van der Waals surface area contributed by atoms with Crippen molar-refractivity contribution in [3.63, 3.8) is 0 Å². The summed E-state index contributed by atoms with van der Waals surface area (Å²) in [6.45, 7) is 2.37. The molecule has 4 nitrogen and oxygen atoms in total. The Balaban J connectivity index is 1.90. The minimum absolute atomic E-state index is 0.144. The fraction of sp³-hybridized carbons (Fsp3) is 0.200. The summed E-state index contributed by atoms with van der Waals surface area (Å²) >= 11 is 5.79. The van der Waals surface area contributed by atoms with Gasteiger partial charge in [0.05, 0.1) is 4.90 Å². The summed E-state index contributed by atoms with van der Waals surface area (Å²) < 4.78 is 32.1. The van der Waals surface area contributed by atoms with Gasteiger partial charge in [-0.1, -0.05) is 35.9 Å². The SMILES string of the molecule is Cc1ccccc1OCCNS(=O)(=O)c1cccc(Cl)c1. The number of nitrogens with one attached hydrogen (secondary N) is 1. The van der Waals surface area contributed by atoms with E-state index >= 15 is 0 Å². The van der Waals surface area contributed by atoms with E-state index in [1.165, 1.54) is 12.1 Å². The molecular formula is C15H16ClNO3S. The van der Waals surface area contributed by atoms with Crippen LogP contribution in [0.5, 0.6) is 5.75 Å². The van der Waals surface area contributed by atoms with Crippen molar-refractivity contribution in [2.45, 2.75) is 11.8 Å². The predicted molar refractivity (Wildman–Crippen MR) is 83.3 cm³/mol. The number of hydrogen-bond donors (Lipinski definition) is 1. The molecule has 0 amide bonds. The Morgan fingerprint density at radius 3 is 2.62 bits per heavy atom. The van der Waals surface area contributed by atoms with Crippen LogP contribution in [0.1, 0.15) is 5.56 Å². The van der Waals surface area contributed by atoms with E-state index in [-0.39, 0.29) is 18.0 Å². The van der Waals surface area contributed by atoms with E-state index in [0.29, 0.717) is 5.02 Å². The molecule has 0 spiro atoms. The summed E-state index contributed by atoms with van der Waals surface area (Å²) in [5.41, 5.74) is 1.01. The largest absolute Gasteiger partial charge is 0.492 e. The Morgan fingerprint density at radius 1 is 1.14 bits per heavy atom. The molecule has 0 unspecified atom stereocenters. The molecule has 0 bridgehead atoms. The van der Waals surface area contributed by atoms with Gasteiger partial charge in [-0.15, -0.1) is 0 Å². The van der Waals surface area contributed by atoms with Gasteiger partial charge in [-0.05, 0) is 36.8 Å². The molecule has 0 fully saturated rings. The smallest absolute Gasteiger partial charge is 0.240 e. The fourth-order valence-corrected chi connectivity index (χ4v) is 3.09. The lowest BCUT2D eigenvalue weighted by Crippen LogP contribution is -2.28. The van der Waals surface area contributed by atoms with Crippen LogP contribution in [-0.2, 0) is 10.0 Å². The molecule has 21 heavy (non-hydrogen) atoms. The van der Waals surface area contributed by atoms with Crippen molar-refractivity contribution in [3.05, 3.63) is 59.1 Å². The normalized spacial score (nSPS) is 11.3. The lowest BCUT2D eigenvalue weighted by molar-refractivity contribution is 0.320. The van der Waals surface area contributed by atoms with Gasteiger partial charge in [-0.25, -0.2) is 13.1 Å². The fourth-order valence-electron chi connectivity index (χ4n) is 1.77. The van der Waals surface area contributed by atoms with Crippen molar-refractivity contribution in [1.29, 1.82) is 0 Å². The third-order valence-electron chi connectivity index (χ3n) is 2.85. The molecule has 0 saturated heterocycles. The topological polar surface area (TPSA) is 55.4 Å². The third kappa shape index (κ3) is 4.46. The van der Waals surface area contributed by atoms with Gasteiger partial charge in [0.1, 0.15) is 12.4 Å². The summed E-state index contributed by atoms with van der Waals surface area (Å²) in [6, 6.07) is 13.7. The summed E-state index contributed by atoms with van der Waals surface area (Å²) in [4.78, 5) is 0.144. The van der Waals surface area contributed by atoms with E-state index in [1.807, 2.05) is 31.2 Å². The first-order valence-electron chi connectivity index (χ1n) is 6.43. The molecule has 2 aromatic carbocycles. The first-order valence-corrected chi connectivity index (χ1v) is 8.29. The Hall–Kier alpha value is -1.56. The van der Waals surface area contributed by atoms with Crippen LogP contribution < -0.4 is 9.46 Å². The van der Waals surface area contributed by atoms with Crippen molar-refractivity contribution in [2.24, 2.45) is 0 Å². The lowest BCUT2D eigenvalue weighted by atomic mass is 10.2. The van der Waals surface area contributed by atoms with E-state index in [2.05, 4.69) is 4.72 Å². The minimum Gasteiger partial charge on any atom is -0.492 e. The highest BCUT2D eigenvalue weighted by molar-refractivity contribution is 7.89. The van der Waals surface area contributed by atoms with Gasteiger partial charge in [-0.2, -0.15) is 0 Å². The first-order chi connectivity index (χ1) is 9.99. The molecule has 0 saturated carbocycles. The highest BCUT2D eigenvalue weighted by Gasteiger charge is 2.13. The second-order valence-electron chi connectivity index (χ2n) is 4.47. The number of halogens is 1. The van der Waals surface area contributed by atoms with E-state index in [4.69, 9.17) is 16.3 Å². The van der Waals surface area contributed by atoms with Crippen molar-refractivity contribution in [2.75, 3.05) is 13.2 Å². The van der Waals surface area contributed by atoms with E-state index in [0.717, 1.165) is 11.3 Å². The van der Waals surface area contributed by atoms with Crippen molar-refractivity contribution in [3.8, 4) is 5.75 Å². The van der Waals surface area contributed by atoms with Crippen LogP contribution in [-0.4, -0.2) is 21.6 Å². The summed E-state index contributed by atoms with van der Waals surface area (Å²) in [5.74, 6) is 0.749. The molecule has 0 heterocycles. The van der Waals surface area contributed by atoms with Crippen LogP contribution in [0.4, 0.5) is 0 Å². The maximum absolute atomic E-state index is 12.0. The number of rotatable bonds is 6. The Kier molecular flexibility index (Phi) is 5.22. The van der Waals surface area contributed by atoms with E-state index in [9.17, 15) is 8.42 Å². The minimum atomic E-state index is -3.56. The van der Waals surface area contributed by atoms with Crippen LogP contribution in [0.25, 0.3) is 0 Å². The monoisotopic (exact) mass is 325 g/mol. The predicted octanol–water partition coefficient (Wildman–Crippen LogP) is 3.01. The second kappa shape index (κ2) is 6.93. The van der Waals surface area contributed by atoms with Gasteiger partial charge in [0.25, 0.3) is 0 Å². The van der Waals surface area contributed by atoms with E-state index < -0.39 is 10.0 Å². The van der Waals surface area contributed by atoms with Gasteiger partial charge in [0.2, 0.25) is 10.0 Å². The van der Waals surface area contributed by atoms with Crippen LogP contribution >= 0.6 is 11.6 Å². The van der Waals surface area contributed by atoms with Gasteiger partial charge in [0.15, 0.2) is 0 Å². The Labute approximate surface area is 129 Å². The number of para-hydroxylation sites is 1. The molecule has 0 aromatic heterocycles. The maximum atomic E-state index is 12.0. The third-order valence-corrected chi connectivity index (χ3v) is 4.55. The van der Waals surface area contributed by atoms with Gasteiger partial charge >= 0.3 is 0 Å². The van der Waals surface area contributed by atoms with E-state index in [1.54, 1.807) is 12.1 Å². The standard InChI is InChI=1S/C15H16ClNO3S/c1-12-5-2-3-8-15(12)20-10-9-17-21(18,19)14-7-4-6-13(16)11-14/h2-8,11,17H,9-10H2,1H3. The zero-order valence-electron chi connectivity index (χ0n) is 11.5. The molecule has 0 aliphatic rings. The van der Waals surface area contributed by atoms with Crippen molar-refractivity contribution in [1.82, 2.24) is 4.72 Å². The van der Waals surface area contributed by atoms with Crippen molar-refractivity contribution >= 4 is 21.6 Å². The molecule has 2 rings (SSSR count). The number of sulfonamides is 1. The van der Waals surface area contributed by atoms with Crippen molar-refractivity contribution < 1.29 is 13.2 Å². The average molecular weight is 326 g/mol. The quantitative estimate of drug-likeness (QED) is 0.831. The molecule has 0 atom stereocenters. The Bertz CT molecular complexity index is 716. The van der Waals surface area contributed by atoms with Crippen LogP contribution in [0.15, 0.2) is 53.4 Å². The molecule has 112 valence electrons. The number of ether oxygens (including phenoxy) is 1. The van der Waals surface area contributed by atoms with Gasteiger partial charge in [-0.3, -0.25) is 0 Å². The number of benzene rings is 2. The molecule has 0 radical (unpaired) electrons. The molecule has 6 heteroatoms. The van der Waals surface area contributed by atoms with Gasteiger partial charge in [0, 0.05) is 11.6 Å². The summed E-state index contributed by atoms with van der Waals surface area (Å²) in [6.07, 6.45) is 0. The number of aryl methyl sites for hydroxylation is 1. The number of hydrogen-bond acceptors (Lipinski definition) is 3. The second-order valence-corrected chi connectivity index (χ2v) is 6.67. The first kappa shape index (κ1) is 15.8. The van der Waals surface area contributed by atoms with Gasteiger partial charge < -0.3 is 4.74 Å². The Morgan fingerprint density at radius 2 is 1.90 bits per heavy atom. The van der Waals surface area contributed by atoms with Crippen LogP contribution in [0, 0.1) is 6.92 Å².